The molecule has 1 atom stereocenters. The number of nitrogens with one attached hydrogen (secondary N) is 1. The van der Waals surface area contributed by atoms with Crippen molar-refractivity contribution in [1.82, 2.24) is 0 Å². The molecule has 0 radical (unpaired) electrons. The lowest BCUT2D eigenvalue weighted by molar-refractivity contribution is -0.164. The Balaban J connectivity index is 2.43. The van der Waals surface area contributed by atoms with Crippen molar-refractivity contribution in [2.75, 3.05) is 24.2 Å². The van der Waals surface area contributed by atoms with Crippen LogP contribution in [0.4, 0.5) is 5.69 Å². The van der Waals surface area contributed by atoms with Gasteiger partial charge in [-0.05, 0) is 58.2 Å². The van der Waals surface area contributed by atoms with Crippen molar-refractivity contribution in [2.24, 2.45) is 0 Å². The van der Waals surface area contributed by atoms with Crippen LogP contribution in [0.1, 0.15) is 49.1 Å². The molecular formula is C26H33NO6S. The van der Waals surface area contributed by atoms with Crippen LogP contribution >= 0.6 is 0 Å². The van der Waals surface area contributed by atoms with Crippen LogP contribution < -0.4 is 9.46 Å². The van der Waals surface area contributed by atoms with E-state index in [0.717, 1.165) is 16.7 Å². The van der Waals surface area contributed by atoms with Gasteiger partial charge in [0.2, 0.25) is 10.0 Å². The number of esters is 1. The monoisotopic (exact) mass is 487 g/mol. The van der Waals surface area contributed by atoms with E-state index in [1.165, 1.54) is 7.11 Å². The number of ether oxygens (including phenoxy) is 3. The predicted octanol–water partition coefficient (Wildman–Crippen LogP) is 5.00. The molecule has 1 heterocycles. The highest BCUT2D eigenvalue weighted by molar-refractivity contribution is 7.92. The number of benzene rings is 2. The maximum Gasteiger partial charge on any atom is 0.339 e. The summed E-state index contributed by atoms with van der Waals surface area (Å²) in [6.45, 7) is 11.4. The van der Waals surface area contributed by atoms with Gasteiger partial charge < -0.3 is 14.2 Å². The van der Waals surface area contributed by atoms with Crippen LogP contribution in [0.15, 0.2) is 36.4 Å². The van der Waals surface area contributed by atoms with Crippen molar-refractivity contribution in [3.05, 3.63) is 58.7 Å². The maximum atomic E-state index is 13.0. The second-order valence-corrected chi connectivity index (χ2v) is 11.2. The number of carbonyl (C=O) groups is 1. The second-order valence-electron chi connectivity index (χ2n) is 9.41. The summed E-state index contributed by atoms with van der Waals surface area (Å²) >= 11 is 0. The van der Waals surface area contributed by atoms with E-state index in [4.69, 9.17) is 14.2 Å². The number of carbonyl (C=O) groups excluding carboxylic acids is 1. The summed E-state index contributed by atoms with van der Waals surface area (Å²) in [5.74, 6) is -0.326. The minimum absolute atomic E-state index is 0.178. The average Bonchev–Trinajstić information content (AvgIpc) is 2.82. The minimum Gasteiger partial charge on any atom is -0.487 e. The summed E-state index contributed by atoms with van der Waals surface area (Å²) in [5.41, 5.74) is 4.11. The summed E-state index contributed by atoms with van der Waals surface area (Å²) in [7, 11) is -2.37. The minimum atomic E-state index is -3.68. The van der Waals surface area contributed by atoms with E-state index in [1.807, 2.05) is 58.9 Å². The highest BCUT2D eigenvalue weighted by atomic mass is 32.2. The molecule has 1 aliphatic heterocycles. The van der Waals surface area contributed by atoms with E-state index < -0.39 is 27.7 Å². The molecule has 0 amide bonds. The molecule has 2 aromatic carbocycles. The molecule has 0 spiro atoms. The van der Waals surface area contributed by atoms with Crippen LogP contribution in [-0.2, 0) is 24.3 Å². The van der Waals surface area contributed by atoms with Gasteiger partial charge in [0, 0.05) is 11.1 Å². The first-order valence-electron chi connectivity index (χ1n) is 11.1. The first-order valence-corrected chi connectivity index (χ1v) is 12.8. The van der Waals surface area contributed by atoms with E-state index in [2.05, 4.69) is 4.72 Å². The summed E-state index contributed by atoms with van der Waals surface area (Å²) in [5, 5.41) is 0. The number of sulfonamides is 1. The molecule has 1 aliphatic rings. The zero-order valence-corrected chi connectivity index (χ0v) is 21.6. The van der Waals surface area contributed by atoms with Gasteiger partial charge in [0.05, 0.1) is 24.2 Å². The molecule has 7 nitrogen and oxygen atoms in total. The molecule has 34 heavy (non-hydrogen) atoms. The summed E-state index contributed by atoms with van der Waals surface area (Å²) in [6.07, 6.45) is 2.16. The highest BCUT2D eigenvalue weighted by Gasteiger charge is 2.35. The fourth-order valence-electron chi connectivity index (χ4n) is 4.00. The van der Waals surface area contributed by atoms with Gasteiger partial charge in [0.1, 0.15) is 12.4 Å². The van der Waals surface area contributed by atoms with Gasteiger partial charge in [0.15, 0.2) is 6.10 Å². The molecule has 1 N–H and O–H groups in total. The zero-order valence-electron chi connectivity index (χ0n) is 20.8. The van der Waals surface area contributed by atoms with E-state index in [-0.39, 0.29) is 12.4 Å². The van der Waals surface area contributed by atoms with Crippen LogP contribution in [0.25, 0.3) is 11.1 Å². The molecule has 0 saturated heterocycles. The SMILES string of the molecule is COC(=O)[C@@H](OC(C)(C)C)c1c(C)c2c(c(C)c1-c1ccc(C)cc1)OCC=CCS(=O)(=O)N2. The molecular weight excluding hydrogens is 454 g/mol. The van der Waals surface area contributed by atoms with Gasteiger partial charge in [0.25, 0.3) is 0 Å². The lowest BCUT2D eigenvalue weighted by atomic mass is 9.86. The Morgan fingerprint density at radius 1 is 1.06 bits per heavy atom. The quantitative estimate of drug-likeness (QED) is 0.482. The number of methoxy groups -OCH3 is 1. The molecule has 3 rings (SSSR count). The van der Waals surface area contributed by atoms with Gasteiger partial charge in [-0.25, -0.2) is 13.2 Å². The Bertz CT molecular complexity index is 1210. The Hall–Kier alpha value is -2.84. The van der Waals surface area contributed by atoms with Gasteiger partial charge >= 0.3 is 5.97 Å². The van der Waals surface area contributed by atoms with Crippen molar-refractivity contribution in [3.8, 4) is 16.9 Å². The maximum absolute atomic E-state index is 13.0. The molecule has 0 saturated carbocycles. The molecule has 8 heteroatoms. The Morgan fingerprint density at radius 2 is 1.71 bits per heavy atom. The van der Waals surface area contributed by atoms with Gasteiger partial charge in [-0.15, -0.1) is 0 Å². The van der Waals surface area contributed by atoms with E-state index in [0.29, 0.717) is 28.1 Å². The third-order valence-electron chi connectivity index (χ3n) is 5.54. The van der Waals surface area contributed by atoms with Gasteiger partial charge in [-0.1, -0.05) is 42.0 Å². The molecule has 2 aromatic rings. The van der Waals surface area contributed by atoms with Crippen molar-refractivity contribution in [1.29, 1.82) is 0 Å². The second kappa shape index (κ2) is 9.80. The number of fused-ring (bicyclic) bond motifs is 1. The van der Waals surface area contributed by atoms with Crippen LogP contribution in [0, 0.1) is 20.8 Å². The molecule has 184 valence electrons. The molecule has 0 aromatic heterocycles. The summed E-state index contributed by atoms with van der Waals surface area (Å²) in [4.78, 5) is 13.0. The molecule has 0 bridgehead atoms. The highest BCUT2D eigenvalue weighted by Crippen LogP contribution is 2.47. The lowest BCUT2D eigenvalue weighted by Gasteiger charge is -2.31. The van der Waals surface area contributed by atoms with Crippen LogP contribution in [0.3, 0.4) is 0 Å². The van der Waals surface area contributed by atoms with Crippen LogP contribution in [0.5, 0.6) is 5.75 Å². The number of hydrogen-bond acceptors (Lipinski definition) is 6. The Labute approximate surface area is 202 Å². The number of hydrogen-bond donors (Lipinski definition) is 1. The number of aryl methyl sites for hydroxylation is 1. The zero-order chi connectivity index (χ0) is 25.3. The topological polar surface area (TPSA) is 90.9 Å². The Kier molecular flexibility index (Phi) is 7.43. The summed E-state index contributed by atoms with van der Waals surface area (Å²) in [6, 6.07) is 7.91. The van der Waals surface area contributed by atoms with Crippen LogP contribution in [0.2, 0.25) is 0 Å². The first-order chi connectivity index (χ1) is 15.8. The normalized spacial score (nSPS) is 16.2. The van der Waals surface area contributed by atoms with Crippen molar-refractivity contribution < 1.29 is 27.4 Å². The van der Waals surface area contributed by atoms with Crippen LogP contribution in [-0.4, -0.2) is 39.5 Å². The number of rotatable bonds is 4. The average molecular weight is 488 g/mol. The standard InChI is InChI=1S/C26H33NO6S/c1-16-10-12-19(13-11-16)20-18(3)23-22(27-34(29,30)15-9-8-14-32-23)17(2)21(20)24(25(28)31-7)33-26(4,5)6/h8-13,24,27H,14-15H2,1-7H3/t24-/m0/s1. The fourth-order valence-corrected chi connectivity index (χ4v) is 5.03. The predicted molar refractivity (Wildman–Crippen MR) is 134 cm³/mol. The van der Waals surface area contributed by atoms with Gasteiger partial charge in [-0.3, -0.25) is 4.72 Å². The van der Waals surface area contributed by atoms with Crippen molar-refractivity contribution in [3.63, 3.8) is 0 Å². The molecule has 0 fully saturated rings. The third kappa shape index (κ3) is 5.62. The van der Waals surface area contributed by atoms with E-state index in [1.54, 1.807) is 19.1 Å². The molecule has 0 unspecified atom stereocenters. The third-order valence-corrected chi connectivity index (χ3v) is 6.69. The van der Waals surface area contributed by atoms with Crippen molar-refractivity contribution >= 4 is 21.7 Å². The fraction of sp³-hybridized carbons (Fsp3) is 0.423. The first kappa shape index (κ1) is 25.8. The molecule has 0 aliphatic carbocycles. The largest absolute Gasteiger partial charge is 0.487 e. The van der Waals surface area contributed by atoms with Gasteiger partial charge in [-0.2, -0.15) is 0 Å². The smallest absolute Gasteiger partial charge is 0.339 e. The van der Waals surface area contributed by atoms with E-state index in [9.17, 15) is 13.2 Å². The van der Waals surface area contributed by atoms with Crippen molar-refractivity contribution in [2.45, 2.75) is 53.2 Å². The van der Waals surface area contributed by atoms with E-state index >= 15 is 0 Å². The number of anilines is 1. The Morgan fingerprint density at radius 3 is 2.29 bits per heavy atom. The summed E-state index contributed by atoms with van der Waals surface area (Å²) < 4.78 is 45.6. The lowest BCUT2D eigenvalue weighted by Crippen LogP contribution is -2.29.